The maximum atomic E-state index is 12.4. The molecule has 4 rings (SSSR count). The Morgan fingerprint density at radius 3 is 2.62 bits per heavy atom. The van der Waals surface area contributed by atoms with Gasteiger partial charge in [-0.2, -0.15) is 0 Å². The van der Waals surface area contributed by atoms with Crippen LogP contribution < -0.4 is 0 Å². The summed E-state index contributed by atoms with van der Waals surface area (Å²) in [4.78, 5) is 24.4. The summed E-state index contributed by atoms with van der Waals surface area (Å²) in [6.07, 6.45) is 1.72. The molecule has 0 saturated carbocycles. The molecular formula is C19H10BrNO4S. The molecule has 128 valence electrons. The Morgan fingerprint density at radius 1 is 1.08 bits per heavy atom. The summed E-state index contributed by atoms with van der Waals surface area (Å²) in [7, 11) is 0. The molecule has 0 bridgehead atoms. The van der Waals surface area contributed by atoms with Crippen molar-refractivity contribution in [2.24, 2.45) is 0 Å². The molecule has 0 unspecified atom stereocenters. The molecule has 1 aliphatic rings. The van der Waals surface area contributed by atoms with Crippen LogP contribution in [0.3, 0.4) is 0 Å². The number of carbonyl (C=O) groups excluding carboxylic acids is 1. The monoisotopic (exact) mass is 427 g/mol. The molecule has 5 nitrogen and oxygen atoms in total. The number of nitro benzene ring substituents is 1. The number of halogens is 1. The van der Waals surface area contributed by atoms with Crippen molar-refractivity contribution >= 4 is 45.2 Å². The van der Waals surface area contributed by atoms with Crippen molar-refractivity contribution in [1.29, 1.82) is 0 Å². The molecule has 0 atom stereocenters. The zero-order chi connectivity index (χ0) is 18.3. The van der Waals surface area contributed by atoms with Crippen LogP contribution >= 0.6 is 27.7 Å². The number of nitrogens with zero attached hydrogens (tertiary/aromatic N) is 1. The van der Waals surface area contributed by atoms with Gasteiger partial charge >= 0.3 is 0 Å². The molecule has 0 aliphatic carbocycles. The van der Waals surface area contributed by atoms with Crippen molar-refractivity contribution in [2.45, 2.75) is 4.90 Å². The van der Waals surface area contributed by atoms with Crippen molar-refractivity contribution < 1.29 is 14.1 Å². The molecule has 0 saturated heterocycles. The summed E-state index contributed by atoms with van der Waals surface area (Å²) >= 11 is 4.76. The highest BCUT2D eigenvalue weighted by Gasteiger charge is 2.25. The number of ketones is 1. The van der Waals surface area contributed by atoms with E-state index in [2.05, 4.69) is 15.9 Å². The first-order valence-corrected chi connectivity index (χ1v) is 9.21. The molecule has 0 radical (unpaired) electrons. The van der Waals surface area contributed by atoms with Crippen LogP contribution in [0, 0.1) is 10.1 Å². The SMILES string of the molecule is O=C1C(=Cc2ccc(-c3ccc([N+](=O)[O-])cc3Br)o2)Sc2ccccc21. The van der Waals surface area contributed by atoms with E-state index >= 15 is 0 Å². The number of benzene rings is 2. The van der Waals surface area contributed by atoms with E-state index in [0.29, 0.717) is 32.0 Å². The summed E-state index contributed by atoms with van der Waals surface area (Å²) in [6.45, 7) is 0. The van der Waals surface area contributed by atoms with Crippen LogP contribution in [0.25, 0.3) is 17.4 Å². The number of hydrogen-bond donors (Lipinski definition) is 0. The number of hydrogen-bond acceptors (Lipinski definition) is 5. The lowest BCUT2D eigenvalue weighted by atomic mass is 10.1. The minimum Gasteiger partial charge on any atom is -0.457 e. The van der Waals surface area contributed by atoms with Crippen LogP contribution in [0.1, 0.15) is 16.1 Å². The Labute approximate surface area is 161 Å². The highest BCUT2D eigenvalue weighted by Crippen LogP contribution is 2.41. The first-order chi connectivity index (χ1) is 12.5. The van der Waals surface area contributed by atoms with Crippen molar-refractivity contribution in [3.63, 3.8) is 0 Å². The molecule has 7 heteroatoms. The molecular weight excluding hydrogens is 418 g/mol. The molecule has 1 aromatic heterocycles. The van der Waals surface area contributed by atoms with E-state index in [9.17, 15) is 14.9 Å². The molecule has 1 aliphatic heterocycles. The molecule has 0 spiro atoms. The summed E-state index contributed by atoms with van der Waals surface area (Å²) < 4.78 is 6.39. The standard InChI is InChI=1S/C19H10BrNO4S/c20-15-9-11(21(23)24)5-7-13(15)16-8-6-12(25-16)10-18-19(22)14-3-1-2-4-17(14)26-18/h1-10H. The van der Waals surface area contributed by atoms with Crippen molar-refractivity contribution in [3.05, 3.63) is 85.4 Å². The number of carbonyl (C=O) groups is 1. The Morgan fingerprint density at radius 2 is 1.88 bits per heavy atom. The van der Waals surface area contributed by atoms with Crippen molar-refractivity contribution in [2.75, 3.05) is 0 Å². The third-order valence-electron chi connectivity index (χ3n) is 3.90. The van der Waals surface area contributed by atoms with Crippen LogP contribution in [0.2, 0.25) is 0 Å². The van der Waals surface area contributed by atoms with Gasteiger partial charge in [-0.15, -0.1) is 0 Å². The van der Waals surface area contributed by atoms with E-state index in [1.807, 2.05) is 24.3 Å². The van der Waals surface area contributed by atoms with Gasteiger partial charge in [-0.3, -0.25) is 14.9 Å². The van der Waals surface area contributed by atoms with Gasteiger partial charge in [0.05, 0.1) is 9.83 Å². The third-order valence-corrected chi connectivity index (χ3v) is 5.66. The van der Waals surface area contributed by atoms with E-state index in [1.165, 1.54) is 23.9 Å². The van der Waals surface area contributed by atoms with Gasteiger partial charge in [0.15, 0.2) is 0 Å². The number of allylic oxidation sites excluding steroid dienone is 1. The van der Waals surface area contributed by atoms with Gasteiger partial charge < -0.3 is 4.42 Å². The first kappa shape index (κ1) is 16.8. The van der Waals surface area contributed by atoms with Crippen molar-refractivity contribution in [3.8, 4) is 11.3 Å². The highest BCUT2D eigenvalue weighted by atomic mass is 79.9. The fourth-order valence-corrected chi connectivity index (χ4v) is 4.25. The summed E-state index contributed by atoms with van der Waals surface area (Å²) in [6, 6.07) is 15.5. The minimum absolute atomic E-state index is 0.000222. The number of fused-ring (bicyclic) bond motifs is 1. The van der Waals surface area contributed by atoms with Gasteiger partial charge in [0.2, 0.25) is 5.78 Å². The summed E-state index contributed by atoms with van der Waals surface area (Å²) in [5, 5.41) is 10.8. The van der Waals surface area contributed by atoms with Gasteiger partial charge in [-0.1, -0.05) is 23.9 Å². The number of furan rings is 1. The fraction of sp³-hybridized carbons (Fsp3) is 0. The maximum Gasteiger partial charge on any atom is 0.270 e. The minimum atomic E-state index is -0.451. The van der Waals surface area contributed by atoms with Crippen molar-refractivity contribution in [1.82, 2.24) is 0 Å². The lowest BCUT2D eigenvalue weighted by Gasteiger charge is -2.01. The van der Waals surface area contributed by atoms with Gasteiger partial charge in [-0.05, 0) is 52.3 Å². The zero-order valence-corrected chi connectivity index (χ0v) is 15.5. The Kier molecular flexibility index (Phi) is 4.26. The number of nitro groups is 1. The van der Waals surface area contributed by atoms with Crippen LogP contribution in [0.15, 0.2) is 73.3 Å². The summed E-state index contributed by atoms with van der Waals surface area (Å²) in [5.74, 6) is 1.10. The van der Waals surface area contributed by atoms with Gasteiger partial charge in [0, 0.05) is 32.6 Å². The maximum absolute atomic E-state index is 12.4. The number of rotatable bonds is 3. The van der Waals surface area contributed by atoms with Crippen LogP contribution in [0.5, 0.6) is 0 Å². The van der Waals surface area contributed by atoms with Crippen LogP contribution in [-0.4, -0.2) is 10.7 Å². The van der Waals surface area contributed by atoms with Gasteiger partial charge in [0.1, 0.15) is 11.5 Å². The molecule has 2 aromatic carbocycles. The van der Waals surface area contributed by atoms with E-state index in [0.717, 1.165) is 4.90 Å². The number of thioether (sulfide) groups is 1. The largest absolute Gasteiger partial charge is 0.457 e. The second-order valence-corrected chi connectivity index (χ2v) is 7.50. The second kappa shape index (κ2) is 6.59. The molecule has 3 aromatic rings. The molecule has 0 fully saturated rings. The topological polar surface area (TPSA) is 73.3 Å². The Balaban J connectivity index is 1.64. The lowest BCUT2D eigenvalue weighted by molar-refractivity contribution is -0.384. The van der Waals surface area contributed by atoms with E-state index in [4.69, 9.17) is 4.42 Å². The van der Waals surface area contributed by atoms with Gasteiger partial charge in [-0.25, -0.2) is 0 Å². The molecule has 26 heavy (non-hydrogen) atoms. The smallest absolute Gasteiger partial charge is 0.270 e. The Bertz CT molecular complexity index is 1090. The first-order valence-electron chi connectivity index (χ1n) is 7.60. The zero-order valence-electron chi connectivity index (χ0n) is 13.1. The molecule has 2 heterocycles. The average molecular weight is 428 g/mol. The summed E-state index contributed by atoms with van der Waals surface area (Å²) in [5.41, 5.74) is 1.41. The number of non-ortho nitro benzene ring substituents is 1. The number of Topliss-reactive ketones (excluding diaryl/α,β-unsaturated/α-hetero) is 1. The third kappa shape index (κ3) is 3.00. The average Bonchev–Trinajstić information content (AvgIpc) is 3.21. The van der Waals surface area contributed by atoms with Crippen LogP contribution in [0.4, 0.5) is 5.69 Å². The predicted molar refractivity (Wildman–Crippen MR) is 103 cm³/mol. The second-order valence-electron chi connectivity index (χ2n) is 5.56. The lowest BCUT2D eigenvalue weighted by Crippen LogP contribution is -1.93. The highest BCUT2D eigenvalue weighted by molar-refractivity contribution is 9.10. The molecule has 0 N–H and O–H groups in total. The van der Waals surface area contributed by atoms with Crippen LogP contribution in [-0.2, 0) is 0 Å². The molecule has 0 amide bonds. The van der Waals surface area contributed by atoms with Gasteiger partial charge in [0.25, 0.3) is 5.69 Å². The normalized spacial score (nSPS) is 14.7. The van der Waals surface area contributed by atoms with E-state index in [1.54, 1.807) is 24.3 Å². The fourth-order valence-electron chi connectivity index (χ4n) is 2.66. The quantitative estimate of drug-likeness (QED) is 0.293. The van der Waals surface area contributed by atoms with E-state index < -0.39 is 4.92 Å². The predicted octanol–water partition coefficient (Wildman–Crippen LogP) is 5.95. The van der Waals surface area contributed by atoms with E-state index in [-0.39, 0.29) is 11.5 Å². The Hall–Kier alpha value is -2.64.